The second kappa shape index (κ2) is 5.51. The van der Waals surface area contributed by atoms with E-state index in [-0.39, 0.29) is 5.56 Å². The molecule has 3 aromatic rings. The Labute approximate surface area is 125 Å². The molecular formula is C17H8ClF2N. The molecule has 0 bridgehead atoms. The van der Waals surface area contributed by atoms with Gasteiger partial charge in [-0.1, -0.05) is 29.5 Å². The number of fused-ring (bicyclic) bond motifs is 1. The van der Waals surface area contributed by atoms with E-state index < -0.39 is 11.6 Å². The van der Waals surface area contributed by atoms with Crippen molar-refractivity contribution >= 4 is 22.5 Å². The van der Waals surface area contributed by atoms with E-state index in [4.69, 9.17) is 11.6 Å². The van der Waals surface area contributed by atoms with Gasteiger partial charge in [0.1, 0.15) is 16.8 Å². The van der Waals surface area contributed by atoms with E-state index >= 15 is 0 Å². The monoisotopic (exact) mass is 299 g/mol. The summed E-state index contributed by atoms with van der Waals surface area (Å²) in [5.74, 6) is 3.95. The van der Waals surface area contributed by atoms with Gasteiger partial charge in [0.2, 0.25) is 0 Å². The summed E-state index contributed by atoms with van der Waals surface area (Å²) in [5, 5.41) is 1.27. The lowest BCUT2D eigenvalue weighted by Crippen LogP contribution is -1.89. The molecular weight excluding hydrogens is 292 g/mol. The summed E-state index contributed by atoms with van der Waals surface area (Å²) < 4.78 is 27.0. The summed E-state index contributed by atoms with van der Waals surface area (Å²) in [5.41, 5.74) is 1.16. The van der Waals surface area contributed by atoms with Crippen LogP contribution < -0.4 is 0 Å². The molecule has 0 aliphatic carbocycles. The number of hydrogen-bond acceptors (Lipinski definition) is 1. The number of pyridine rings is 1. The molecule has 4 heteroatoms. The zero-order valence-corrected chi connectivity index (χ0v) is 11.5. The van der Waals surface area contributed by atoms with Crippen molar-refractivity contribution in [3.8, 4) is 11.8 Å². The van der Waals surface area contributed by atoms with E-state index in [0.29, 0.717) is 10.7 Å². The van der Waals surface area contributed by atoms with E-state index in [9.17, 15) is 8.78 Å². The minimum atomic E-state index is -0.670. The molecule has 0 saturated heterocycles. The second-order valence-electron chi connectivity index (χ2n) is 4.39. The Morgan fingerprint density at radius 2 is 1.67 bits per heavy atom. The lowest BCUT2D eigenvalue weighted by molar-refractivity contribution is 0.577. The van der Waals surface area contributed by atoms with Gasteiger partial charge >= 0.3 is 0 Å². The third kappa shape index (κ3) is 2.86. The summed E-state index contributed by atoms with van der Waals surface area (Å²) in [4.78, 5) is 4.16. The van der Waals surface area contributed by atoms with Gasteiger partial charge in [0.15, 0.2) is 0 Å². The molecule has 0 saturated carbocycles. The Morgan fingerprint density at radius 3 is 2.43 bits per heavy atom. The van der Waals surface area contributed by atoms with Crippen molar-refractivity contribution < 1.29 is 8.78 Å². The first-order chi connectivity index (χ1) is 10.1. The highest BCUT2D eigenvalue weighted by Gasteiger charge is 2.04. The third-order valence-corrected chi connectivity index (χ3v) is 3.16. The maximum atomic E-state index is 13.5. The van der Waals surface area contributed by atoms with Crippen LogP contribution in [0.2, 0.25) is 5.15 Å². The number of nitrogens with zero attached hydrogens (tertiary/aromatic N) is 1. The molecule has 0 radical (unpaired) electrons. The molecule has 2 aromatic carbocycles. The SMILES string of the molecule is Fc1cccc(F)c1C#Cc1ccc2nc(Cl)ccc2c1. The van der Waals surface area contributed by atoms with Crippen LogP contribution in [0.5, 0.6) is 0 Å². The van der Waals surface area contributed by atoms with Crippen LogP contribution in [0.25, 0.3) is 10.9 Å². The summed E-state index contributed by atoms with van der Waals surface area (Å²) in [7, 11) is 0. The number of hydrogen-bond donors (Lipinski definition) is 0. The molecule has 0 spiro atoms. The van der Waals surface area contributed by atoms with Gasteiger partial charge < -0.3 is 0 Å². The fraction of sp³-hybridized carbons (Fsp3) is 0. The van der Waals surface area contributed by atoms with Crippen molar-refractivity contribution in [1.82, 2.24) is 4.98 Å². The number of rotatable bonds is 0. The van der Waals surface area contributed by atoms with Gasteiger partial charge in [0.25, 0.3) is 0 Å². The first-order valence-corrected chi connectivity index (χ1v) is 6.53. The fourth-order valence-corrected chi connectivity index (χ4v) is 2.08. The van der Waals surface area contributed by atoms with Crippen molar-refractivity contribution in [2.24, 2.45) is 0 Å². The molecule has 1 nitrogen and oxygen atoms in total. The largest absolute Gasteiger partial charge is 0.236 e. The average Bonchev–Trinajstić information content (AvgIpc) is 2.47. The Morgan fingerprint density at radius 1 is 0.905 bits per heavy atom. The molecule has 0 N–H and O–H groups in total. The zero-order valence-electron chi connectivity index (χ0n) is 10.7. The average molecular weight is 300 g/mol. The normalized spacial score (nSPS) is 10.2. The van der Waals surface area contributed by atoms with Crippen LogP contribution >= 0.6 is 11.6 Å². The Bertz CT molecular complexity index is 874. The molecule has 0 fully saturated rings. The first-order valence-electron chi connectivity index (χ1n) is 6.16. The summed E-state index contributed by atoms with van der Waals surface area (Å²) >= 11 is 5.81. The van der Waals surface area contributed by atoms with E-state index in [1.807, 2.05) is 6.07 Å². The summed E-state index contributed by atoms with van der Waals surface area (Å²) in [6, 6.07) is 12.5. The Balaban J connectivity index is 2.03. The molecule has 0 atom stereocenters. The lowest BCUT2D eigenvalue weighted by Gasteiger charge is -1.99. The van der Waals surface area contributed by atoms with Crippen molar-refractivity contribution in [1.29, 1.82) is 0 Å². The highest BCUT2D eigenvalue weighted by atomic mass is 35.5. The van der Waals surface area contributed by atoms with Crippen LogP contribution in [0.3, 0.4) is 0 Å². The first kappa shape index (κ1) is 13.5. The van der Waals surface area contributed by atoms with Crippen LogP contribution in [0.4, 0.5) is 8.78 Å². The smallest absolute Gasteiger partial charge is 0.141 e. The molecule has 102 valence electrons. The van der Waals surface area contributed by atoms with E-state index in [1.54, 1.807) is 24.3 Å². The van der Waals surface area contributed by atoms with Crippen LogP contribution in [-0.2, 0) is 0 Å². The summed E-state index contributed by atoms with van der Waals surface area (Å²) in [6.45, 7) is 0. The fourth-order valence-electron chi connectivity index (χ4n) is 1.93. The lowest BCUT2D eigenvalue weighted by atomic mass is 10.1. The van der Waals surface area contributed by atoms with Gasteiger partial charge in [-0.25, -0.2) is 13.8 Å². The predicted octanol–water partition coefficient (Wildman–Crippen LogP) is 4.57. The molecule has 0 aliphatic heterocycles. The van der Waals surface area contributed by atoms with Gasteiger partial charge in [-0.15, -0.1) is 0 Å². The van der Waals surface area contributed by atoms with Crippen molar-refractivity contribution in [2.45, 2.75) is 0 Å². The van der Waals surface area contributed by atoms with Gasteiger partial charge in [0.05, 0.1) is 11.1 Å². The molecule has 0 amide bonds. The molecule has 0 unspecified atom stereocenters. The minimum absolute atomic E-state index is 0.230. The van der Waals surface area contributed by atoms with Crippen LogP contribution in [0.1, 0.15) is 11.1 Å². The van der Waals surface area contributed by atoms with Crippen molar-refractivity contribution in [3.63, 3.8) is 0 Å². The van der Waals surface area contributed by atoms with Crippen molar-refractivity contribution in [3.05, 3.63) is 76.4 Å². The maximum absolute atomic E-state index is 13.5. The highest BCUT2D eigenvalue weighted by molar-refractivity contribution is 6.29. The zero-order chi connectivity index (χ0) is 14.8. The van der Waals surface area contributed by atoms with Crippen LogP contribution in [-0.4, -0.2) is 4.98 Å². The summed E-state index contributed by atoms with van der Waals surface area (Å²) in [6.07, 6.45) is 0. The maximum Gasteiger partial charge on any atom is 0.141 e. The molecule has 1 heterocycles. The quantitative estimate of drug-likeness (QED) is 0.438. The minimum Gasteiger partial charge on any atom is -0.236 e. The van der Waals surface area contributed by atoms with Gasteiger partial charge in [0, 0.05) is 10.9 Å². The molecule has 1 aromatic heterocycles. The third-order valence-electron chi connectivity index (χ3n) is 2.95. The topological polar surface area (TPSA) is 12.9 Å². The van der Waals surface area contributed by atoms with Crippen LogP contribution in [0.15, 0.2) is 48.5 Å². The van der Waals surface area contributed by atoms with Crippen molar-refractivity contribution in [2.75, 3.05) is 0 Å². The number of benzene rings is 2. The van der Waals surface area contributed by atoms with Gasteiger partial charge in [-0.2, -0.15) is 0 Å². The highest BCUT2D eigenvalue weighted by Crippen LogP contribution is 2.17. The number of halogens is 3. The second-order valence-corrected chi connectivity index (χ2v) is 4.78. The van der Waals surface area contributed by atoms with E-state index in [0.717, 1.165) is 10.9 Å². The standard InChI is InChI=1S/C17H8ClF2N/c18-17-9-6-12-10-11(5-8-16(12)21-17)4-7-13-14(19)2-1-3-15(13)20/h1-3,5-6,8-10H. The Hall–Kier alpha value is -2.44. The Kier molecular flexibility index (Phi) is 3.55. The molecule has 0 aliphatic rings. The molecule has 21 heavy (non-hydrogen) atoms. The van der Waals surface area contributed by atoms with E-state index in [1.165, 1.54) is 18.2 Å². The predicted molar refractivity (Wildman–Crippen MR) is 79.1 cm³/mol. The van der Waals surface area contributed by atoms with Crippen LogP contribution in [0, 0.1) is 23.5 Å². The molecule has 3 rings (SSSR count). The van der Waals surface area contributed by atoms with E-state index in [2.05, 4.69) is 16.8 Å². The number of aromatic nitrogens is 1. The van der Waals surface area contributed by atoms with Gasteiger partial charge in [-0.05, 0) is 42.5 Å². The van der Waals surface area contributed by atoms with Gasteiger partial charge in [-0.3, -0.25) is 0 Å².